The lowest BCUT2D eigenvalue weighted by molar-refractivity contribution is -0.136. The monoisotopic (exact) mass is 526 g/mol. The van der Waals surface area contributed by atoms with Crippen LogP contribution in [0.4, 0.5) is 0 Å². The number of benzene rings is 1. The van der Waals surface area contributed by atoms with Crippen LogP contribution in [0.2, 0.25) is 0 Å². The predicted octanol–water partition coefficient (Wildman–Crippen LogP) is 1.74. The van der Waals surface area contributed by atoms with E-state index in [4.69, 9.17) is 4.74 Å². The third-order valence-corrected chi connectivity index (χ3v) is 4.96. The van der Waals surface area contributed by atoms with Crippen molar-refractivity contribution in [1.29, 1.82) is 0 Å². The molecule has 0 bridgehead atoms. The lowest BCUT2D eigenvalue weighted by Crippen LogP contribution is -2.47. The number of nitrogens with zero attached hydrogens (tertiary/aromatic N) is 4. The molecule has 1 atom stereocenters. The van der Waals surface area contributed by atoms with Crippen molar-refractivity contribution >= 4 is 35.8 Å². The Kier molecular flexibility index (Phi) is 10.1. The van der Waals surface area contributed by atoms with Gasteiger partial charge in [0.05, 0.1) is 31.4 Å². The number of aromatic nitrogens is 2. The van der Waals surface area contributed by atoms with E-state index in [9.17, 15) is 4.79 Å². The maximum atomic E-state index is 13.2. The molecule has 0 aliphatic carbocycles. The molecule has 2 N–H and O–H groups in total. The van der Waals surface area contributed by atoms with Gasteiger partial charge in [-0.15, -0.1) is 24.0 Å². The number of halogens is 1. The average Bonchev–Trinajstić information content (AvgIpc) is 3.18. The second kappa shape index (κ2) is 12.5. The Morgan fingerprint density at radius 3 is 2.57 bits per heavy atom. The van der Waals surface area contributed by atoms with Crippen LogP contribution < -0.4 is 10.6 Å². The fourth-order valence-corrected chi connectivity index (χ4v) is 3.29. The first-order chi connectivity index (χ1) is 14.2. The van der Waals surface area contributed by atoms with E-state index in [1.807, 2.05) is 60.0 Å². The van der Waals surface area contributed by atoms with Crippen LogP contribution in [0.25, 0.3) is 0 Å². The van der Waals surface area contributed by atoms with E-state index in [1.54, 1.807) is 6.20 Å². The number of carbonyl (C=O) groups is 1. The second-order valence-electron chi connectivity index (χ2n) is 6.92. The van der Waals surface area contributed by atoms with Gasteiger partial charge in [0.2, 0.25) is 5.91 Å². The lowest BCUT2D eigenvalue weighted by atomic mass is 9.97. The van der Waals surface area contributed by atoms with Crippen LogP contribution in [-0.2, 0) is 23.1 Å². The molecule has 0 radical (unpaired) electrons. The number of amides is 1. The summed E-state index contributed by atoms with van der Waals surface area (Å²) in [6.45, 7) is 6.20. The Hall–Kier alpha value is -2.14. The molecule has 0 spiro atoms. The number of aliphatic imine (C=N–C) groups is 1. The van der Waals surface area contributed by atoms with E-state index in [-0.39, 0.29) is 35.8 Å². The maximum absolute atomic E-state index is 13.2. The van der Waals surface area contributed by atoms with Gasteiger partial charge in [0.25, 0.3) is 0 Å². The molecule has 1 amide bonds. The van der Waals surface area contributed by atoms with Gasteiger partial charge in [0.15, 0.2) is 5.96 Å². The minimum absolute atomic E-state index is 0. The van der Waals surface area contributed by atoms with Crippen LogP contribution in [0.5, 0.6) is 0 Å². The van der Waals surface area contributed by atoms with Gasteiger partial charge in [0.1, 0.15) is 0 Å². The number of aryl methyl sites for hydroxylation is 1. The number of guanidine groups is 1. The molecule has 9 heteroatoms. The Bertz CT molecular complexity index is 805. The van der Waals surface area contributed by atoms with Crippen molar-refractivity contribution < 1.29 is 9.53 Å². The van der Waals surface area contributed by atoms with Gasteiger partial charge >= 0.3 is 0 Å². The van der Waals surface area contributed by atoms with E-state index in [0.29, 0.717) is 45.4 Å². The van der Waals surface area contributed by atoms with E-state index >= 15 is 0 Å². The van der Waals surface area contributed by atoms with Crippen LogP contribution >= 0.6 is 24.0 Å². The number of nitrogens with one attached hydrogen (secondary N) is 2. The Morgan fingerprint density at radius 2 is 1.93 bits per heavy atom. The third-order valence-electron chi connectivity index (χ3n) is 4.96. The summed E-state index contributed by atoms with van der Waals surface area (Å²) in [5, 5.41) is 10.8. The molecule has 3 rings (SSSR count). The Labute approximate surface area is 195 Å². The van der Waals surface area contributed by atoms with Crippen LogP contribution in [0.15, 0.2) is 47.6 Å². The Balaban J connectivity index is 0.00000320. The van der Waals surface area contributed by atoms with Gasteiger partial charge in [-0.2, -0.15) is 5.10 Å². The number of carbonyl (C=O) groups excluding carboxylic acids is 1. The van der Waals surface area contributed by atoms with E-state index in [1.165, 1.54) is 0 Å². The van der Waals surface area contributed by atoms with E-state index < -0.39 is 0 Å². The van der Waals surface area contributed by atoms with E-state index in [0.717, 1.165) is 17.8 Å². The number of morpholine rings is 1. The SMILES string of the molecule is CCNC(=NCc1ccnn1C)NCC(C(=O)N1CCOCC1)c1ccccc1.I. The molecule has 8 nitrogen and oxygen atoms in total. The molecule has 164 valence electrons. The summed E-state index contributed by atoms with van der Waals surface area (Å²) >= 11 is 0. The maximum Gasteiger partial charge on any atom is 0.232 e. The first-order valence-electron chi connectivity index (χ1n) is 10.1. The predicted molar refractivity (Wildman–Crippen MR) is 128 cm³/mol. The summed E-state index contributed by atoms with van der Waals surface area (Å²) in [5.41, 5.74) is 2.02. The molecule has 1 aromatic carbocycles. The van der Waals surface area contributed by atoms with Gasteiger partial charge < -0.3 is 20.3 Å². The molecular formula is C21H31IN6O2. The molecule has 1 fully saturated rings. The van der Waals surface area contributed by atoms with Crippen molar-refractivity contribution in [2.24, 2.45) is 12.0 Å². The summed E-state index contributed by atoms with van der Waals surface area (Å²) in [5.74, 6) is 0.522. The van der Waals surface area contributed by atoms with Crippen molar-refractivity contribution in [1.82, 2.24) is 25.3 Å². The zero-order valence-corrected chi connectivity index (χ0v) is 19.9. The molecule has 2 heterocycles. The highest BCUT2D eigenvalue weighted by Gasteiger charge is 2.27. The fraction of sp³-hybridized carbons (Fsp3) is 0.476. The Morgan fingerprint density at radius 1 is 1.20 bits per heavy atom. The van der Waals surface area contributed by atoms with Crippen LogP contribution in [-0.4, -0.2) is 65.9 Å². The largest absolute Gasteiger partial charge is 0.378 e. The molecule has 1 unspecified atom stereocenters. The van der Waals surface area contributed by atoms with Crippen LogP contribution in [0.1, 0.15) is 24.1 Å². The number of ether oxygens (including phenoxy) is 1. The number of rotatable bonds is 7. The zero-order valence-electron chi connectivity index (χ0n) is 17.6. The zero-order chi connectivity index (χ0) is 20.5. The first-order valence-corrected chi connectivity index (χ1v) is 10.1. The molecule has 30 heavy (non-hydrogen) atoms. The molecule has 1 aliphatic heterocycles. The molecule has 0 saturated carbocycles. The van der Waals surface area contributed by atoms with Crippen LogP contribution in [0, 0.1) is 0 Å². The summed E-state index contributed by atoms with van der Waals surface area (Å²) in [6.07, 6.45) is 1.76. The van der Waals surface area contributed by atoms with Crippen molar-refractivity contribution in [2.45, 2.75) is 19.4 Å². The number of hydrogen-bond donors (Lipinski definition) is 2. The summed E-state index contributed by atoms with van der Waals surface area (Å²) in [7, 11) is 1.90. The van der Waals surface area contributed by atoms with E-state index in [2.05, 4.69) is 20.7 Å². The normalized spacial score (nSPS) is 15.3. The molecule has 2 aromatic rings. The lowest BCUT2D eigenvalue weighted by Gasteiger charge is -2.31. The van der Waals surface area contributed by atoms with Crippen molar-refractivity contribution in [3.63, 3.8) is 0 Å². The fourth-order valence-electron chi connectivity index (χ4n) is 3.29. The minimum atomic E-state index is -0.283. The van der Waals surface area contributed by atoms with Gasteiger partial charge in [0, 0.05) is 39.4 Å². The van der Waals surface area contributed by atoms with Crippen molar-refractivity contribution in [3.8, 4) is 0 Å². The van der Waals surface area contributed by atoms with Gasteiger partial charge in [-0.3, -0.25) is 9.48 Å². The summed E-state index contributed by atoms with van der Waals surface area (Å²) in [4.78, 5) is 19.8. The smallest absolute Gasteiger partial charge is 0.232 e. The third kappa shape index (κ3) is 6.69. The molecule has 1 aromatic heterocycles. The highest BCUT2D eigenvalue weighted by molar-refractivity contribution is 14.0. The second-order valence-corrected chi connectivity index (χ2v) is 6.92. The topological polar surface area (TPSA) is 83.8 Å². The highest BCUT2D eigenvalue weighted by Crippen LogP contribution is 2.19. The first kappa shape index (κ1) is 24.1. The van der Waals surface area contributed by atoms with Crippen LogP contribution in [0.3, 0.4) is 0 Å². The number of hydrogen-bond acceptors (Lipinski definition) is 4. The van der Waals surface area contributed by atoms with Crippen molar-refractivity contribution in [2.75, 3.05) is 39.4 Å². The molecule has 1 aliphatic rings. The quantitative estimate of drug-likeness (QED) is 0.327. The minimum Gasteiger partial charge on any atom is -0.378 e. The highest BCUT2D eigenvalue weighted by atomic mass is 127. The van der Waals surface area contributed by atoms with Gasteiger partial charge in [-0.05, 0) is 18.6 Å². The molecular weight excluding hydrogens is 495 g/mol. The summed E-state index contributed by atoms with van der Waals surface area (Å²) in [6, 6.07) is 11.9. The van der Waals surface area contributed by atoms with Gasteiger partial charge in [-0.25, -0.2) is 4.99 Å². The standard InChI is InChI=1S/C21H30N6O2.HI/c1-3-22-21(23-15-18-9-10-25-26(18)2)24-16-19(17-7-5-4-6-8-17)20(28)27-11-13-29-14-12-27;/h4-10,19H,3,11-16H2,1-2H3,(H2,22,23,24);1H. The summed E-state index contributed by atoms with van der Waals surface area (Å²) < 4.78 is 7.20. The van der Waals surface area contributed by atoms with Crippen molar-refractivity contribution in [3.05, 3.63) is 53.9 Å². The van der Waals surface area contributed by atoms with Gasteiger partial charge in [-0.1, -0.05) is 30.3 Å². The molecule has 1 saturated heterocycles. The average molecular weight is 526 g/mol.